The Labute approximate surface area is 92.4 Å². The van der Waals surface area contributed by atoms with Crippen LogP contribution >= 0.6 is 0 Å². The van der Waals surface area contributed by atoms with Gasteiger partial charge in [0.2, 0.25) is 11.8 Å². The number of hydrogen-bond acceptors (Lipinski definition) is 3. The van der Waals surface area contributed by atoms with E-state index in [0.717, 1.165) is 0 Å². The molecule has 1 heterocycles. The minimum Gasteiger partial charge on any atom is -0.481 e. The van der Waals surface area contributed by atoms with Crippen LogP contribution in [-0.2, 0) is 14.4 Å². The summed E-state index contributed by atoms with van der Waals surface area (Å²) in [4.78, 5) is 33.0. The zero-order valence-corrected chi connectivity index (χ0v) is 8.73. The minimum atomic E-state index is -0.905. The van der Waals surface area contributed by atoms with Crippen LogP contribution in [0.5, 0.6) is 0 Å². The molecule has 0 aromatic heterocycles. The molecule has 2 fully saturated rings. The van der Waals surface area contributed by atoms with Gasteiger partial charge in [0.05, 0.1) is 11.8 Å². The van der Waals surface area contributed by atoms with Crippen LogP contribution in [0.3, 0.4) is 0 Å². The number of rotatable bonds is 3. The van der Waals surface area contributed by atoms with E-state index in [1.165, 1.54) is 0 Å². The SMILES string of the molecule is O=C1CCC(NC(=O)C2CC2C(=O)O)CN1. The molecule has 0 spiro atoms. The Kier molecular flexibility index (Phi) is 2.80. The van der Waals surface area contributed by atoms with Crippen molar-refractivity contribution in [3.63, 3.8) is 0 Å². The normalized spacial score (nSPS) is 32.8. The third kappa shape index (κ3) is 2.32. The highest BCUT2D eigenvalue weighted by Crippen LogP contribution is 2.38. The second kappa shape index (κ2) is 4.11. The molecule has 16 heavy (non-hydrogen) atoms. The van der Waals surface area contributed by atoms with Gasteiger partial charge in [-0.2, -0.15) is 0 Å². The van der Waals surface area contributed by atoms with Crippen molar-refractivity contribution in [2.75, 3.05) is 6.54 Å². The summed E-state index contributed by atoms with van der Waals surface area (Å²) in [5.41, 5.74) is 0. The summed E-state index contributed by atoms with van der Waals surface area (Å²) in [6.07, 6.45) is 1.47. The fraction of sp³-hybridized carbons (Fsp3) is 0.700. The van der Waals surface area contributed by atoms with Crippen molar-refractivity contribution in [2.24, 2.45) is 11.8 Å². The molecule has 2 amide bonds. The summed E-state index contributed by atoms with van der Waals surface area (Å²) in [7, 11) is 0. The summed E-state index contributed by atoms with van der Waals surface area (Å²) >= 11 is 0. The lowest BCUT2D eigenvalue weighted by atomic mass is 10.1. The first-order chi connectivity index (χ1) is 7.58. The van der Waals surface area contributed by atoms with Gasteiger partial charge >= 0.3 is 5.97 Å². The van der Waals surface area contributed by atoms with Crippen LogP contribution in [0.4, 0.5) is 0 Å². The number of aliphatic carboxylic acids is 1. The molecule has 3 atom stereocenters. The Morgan fingerprint density at radius 3 is 2.62 bits per heavy atom. The van der Waals surface area contributed by atoms with E-state index in [1.54, 1.807) is 0 Å². The highest BCUT2D eigenvalue weighted by atomic mass is 16.4. The lowest BCUT2D eigenvalue weighted by Gasteiger charge is -2.23. The maximum atomic E-state index is 11.6. The number of carbonyl (C=O) groups is 3. The standard InChI is InChI=1S/C10H14N2O4/c13-8-2-1-5(4-11-8)12-9(14)6-3-7(6)10(15)16/h5-7H,1-4H2,(H,11,13)(H,12,14)(H,15,16). The fourth-order valence-corrected chi connectivity index (χ4v) is 1.92. The monoisotopic (exact) mass is 226 g/mol. The maximum Gasteiger partial charge on any atom is 0.307 e. The van der Waals surface area contributed by atoms with Crippen molar-refractivity contribution in [1.29, 1.82) is 0 Å². The number of carboxylic acid groups (broad SMARTS) is 1. The van der Waals surface area contributed by atoms with Gasteiger partial charge in [0.25, 0.3) is 0 Å². The Bertz CT molecular complexity index is 332. The highest BCUT2D eigenvalue weighted by molar-refractivity contribution is 5.89. The van der Waals surface area contributed by atoms with E-state index in [0.29, 0.717) is 25.8 Å². The topological polar surface area (TPSA) is 95.5 Å². The summed E-state index contributed by atoms with van der Waals surface area (Å²) in [6.45, 7) is 0.440. The van der Waals surface area contributed by atoms with Crippen LogP contribution in [-0.4, -0.2) is 35.5 Å². The van der Waals surface area contributed by atoms with Crippen molar-refractivity contribution >= 4 is 17.8 Å². The molecule has 1 aliphatic carbocycles. The summed E-state index contributed by atoms with van der Waals surface area (Å²) in [5, 5.41) is 14.1. The van der Waals surface area contributed by atoms with E-state index < -0.39 is 11.9 Å². The van der Waals surface area contributed by atoms with E-state index in [4.69, 9.17) is 5.11 Å². The number of piperidine rings is 1. The number of amides is 2. The van der Waals surface area contributed by atoms with Gasteiger partial charge in [-0.05, 0) is 12.8 Å². The Balaban J connectivity index is 1.76. The summed E-state index contributed by atoms with van der Waals surface area (Å²) < 4.78 is 0. The quantitative estimate of drug-likeness (QED) is 0.581. The van der Waals surface area contributed by atoms with Crippen LogP contribution in [0, 0.1) is 11.8 Å². The zero-order valence-electron chi connectivity index (χ0n) is 8.73. The summed E-state index contributed by atoms with van der Waals surface area (Å²) in [5.74, 6) is -2.00. The molecule has 3 N–H and O–H groups in total. The van der Waals surface area contributed by atoms with E-state index in [1.807, 2.05) is 0 Å². The highest BCUT2D eigenvalue weighted by Gasteiger charge is 2.48. The predicted molar refractivity (Wildman–Crippen MR) is 53.4 cm³/mol. The first kappa shape index (κ1) is 10.9. The molecule has 88 valence electrons. The lowest BCUT2D eigenvalue weighted by Crippen LogP contribution is -2.48. The van der Waals surface area contributed by atoms with Crippen LogP contribution in [0.15, 0.2) is 0 Å². The largest absolute Gasteiger partial charge is 0.481 e. The average Bonchev–Trinajstić information content (AvgIpc) is 3.01. The van der Waals surface area contributed by atoms with Crippen LogP contribution in [0.1, 0.15) is 19.3 Å². The van der Waals surface area contributed by atoms with Crippen LogP contribution < -0.4 is 10.6 Å². The van der Waals surface area contributed by atoms with Gasteiger partial charge < -0.3 is 15.7 Å². The van der Waals surface area contributed by atoms with E-state index >= 15 is 0 Å². The van der Waals surface area contributed by atoms with Crippen molar-refractivity contribution < 1.29 is 19.5 Å². The number of nitrogens with one attached hydrogen (secondary N) is 2. The van der Waals surface area contributed by atoms with Crippen molar-refractivity contribution in [1.82, 2.24) is 10.6 Å². The predicted octanol–water partition coefficient (Wildman–Crippen LogP) is -0.898. The van der Waals surface area contributed by atoms with Gasteiger partial charge in [-0.1, -0.05) is 0 Å². The summed E-state index contributed by atoms with van der Waals surface area (Å²) in [6, 6.07) is -0.0553. The molecular formula is C10H14N2O4. The zero-order chi connectivity index (χ0) is 11.7. The Morgan fingerprint density at radius 2 is 2.12 bits per heavy atom. The van der Waals surface area contributed by atoms with E-state index in [-0.39, 0.29) is 23.8 Å². The van der Waals surface area contributed by atoms with Gasteiger partial charge in [-0.3, -0.25) is 14.4 Å². The van der Waals surface area contributed by atoms with Crippen LogP contribution in [0.25, 0.3) is 0 Å². The molecule has 1 aliphatic heterocycles. The third-order valence-corrected chi connectivity index (χ3v) is 3.06. The van der Waals surface area contributed by atoms with Crippen molar-refractivity contribution in [3.05, 3.63) is 0 Å². The minimum absolute atomic E-state index is 0.000309. The van der Waals surface area contributed by atoms with Crippen molar-refractivity contribution in [3.8, 4) is 0 Å². The second-order valence-electron chi connectivity index (χ2n) is 4.34. The number of hydrogen-bond donors (Lipinski definition) is 3. The van der Waals surface area contributed by atoms with E-state index in [9.17, 15) is 14.4 Å². The molecule has 1 saturated heterocycles. The molecule has 0 aromatic rings. The maximum absolute atomic E-state index is 11.6. The first-order valence-corrected chi connectivity index (χ1v) is 5.38. The van der Waals surface area contributed by atoms with Gasteiger partial charge in [-0.15, -0.1) is 0 Å². The third-order valence-electron chi connectivity index (χ3n) is 3.06. The molecular weight excluding hydrogens is 212 g/mol. The fourth-order valence-electron chi connectivity index (χ4n) is 1.92. The van der Waals surface area contributed by atoms with Gasteiger partial charge in [0.1, 0.15) is 0 Å². The molecule has 0 radical (unpaired) electrons. The van der Waals surface area contributed by atoms with E-state index in [2.05, 4.69) is 10.6 Å². The van der Waals surface area contributed by atoms with Crippen LogP contribution in [0.2, 0.25) is 0 Å². The molecule has 6 heteroatoms. The number of carboxylic acids is 1. The first-order valence-electron chi connectivity index (χ1n) is 5.38. The molecule has 0 aromatic carbocycles. The lowest BCUT2D eigenvalue weighted by molar-refractivity contribution is -0.140. The number of carbonyl (C=O) groups excluding carboxylic acids is 2. The molecule has 3 unspecified atom stereocenters. The molecule has 2 aliphatic rings. The average molecular weight is 226 g/mol. The second-order valence-corrected chi connectivity index (χ2v) is 4.34. The Hall–Kier alpha value is -1.59. The molecule has 1 saturated carbocycles. The van der Waals surface area contributed by atoms with Crippen molar-refractivity contribution in [2.45, 2.75) is 25.3 Å². The van der Waals surface area contributed by atoms with Gasteiger partial charge in [0, 0.05) is 19.0 Å². The van der Waals surface area contributed by atoms with Gasteiger partial charge in [-0.25, -0.2) is 0 Å². The molecule has 6 nitrogen and oxygen atoms in total. The molecule has 2 rings (SSSR count). The Morgan fingerprint density at radius 1 is 1.38 bits per heavy atom. The van der Waals surface area contributed by atoms with Gasteiger partial charge in [0.15, 0.2) is 0 Å². The smallest absolute Gasteiger partial charge is 0.307 e. The molecule has 0 bridgehead atoms.